The van der Waals surface area contributed by atoms with Crippen LogP contribution in [0.15, 0.2) is 76.4 Å². The molecule has 4 rings (SSSR count). The minimum Gasteiger partial charge on any atom is -0.449 e. The van der Waals surface area contributed by atoms with Gasteiger partial charge in [-0.2, -0.15) is 0 Å². The number of ether oxygens (including phenoxy) is 1. The van der Waals surface area contributed by atoms with Crippen molar-refractivity contribution in [2.75, 3.05) is 5.94 Å². The number of hydrogen-bond acceptors (Lipinski definition) is 6. The molecule has 0 radical (unpaired) electrons. The molecule has 0 saturated carbocycles. The molecule has 0 amide bonds. The number of carbonyl (C=O) groups excluding carboxylic acids is 1. The van der Waals surface area contributed by atoms with E-state index in [2.05, 4.69) is 30.6 Å². The first kappa shape index (κ1) is 20.2. The van der Waals surface area contributed by atoms with Crippen LogP contribution in [-0.4, -0.2) is 34.7 Å². The van der Waals surface area contributed by atoms with Crippen molar-refractivity contribution >= 4 is 37.5 Å². The van der Waals surface area contributed by atoms with E-state index in [0.29, 0.717) is 5.78 Å². The Morgan fingerprint density at radius 1 is 1.07 bits per heavy atom. The molecule has 2 heterocycles. The number of hydrogen-bond donors (Lipinski definition) is 0. The number of sulfone groups is 1. The van der Waals surface area contributed by atoms with Crippen LogP contribution in [0.5, 0.6) is 0 Å². The largest absolute Gasteiger partial charge is 0.449 e. The van der Waals surface area contributed by atoms with Crippen molar-refractivity contribution in [3.8, 4) is 22.5 Å². The average Bonchev–Trinajstić information content (AvgIpc) is 3.12. The molecule has 0 N–H and O–H groups in total. The summed E-state index contributed by atoms with van der Waals surface area (Å²) in [6.45, 7) is 1.17. The Bertz CT molecular complexity index is 1330. The first-order chi connectivity index (χ1) is 14.3. The maximum Gasteiger partial charge on any atom is 0.303 e. The Morgan fingerprint density at radius 2 is 1.73 bits per heavy atom. The summed E-state index contributed by atoms with van der Waals surface area (Å²) >= 11 is 3.44. The summed E-state index contributed by atoms with van der Waals surface area (Å²) in [5.74, 6) is -0.796. The summed E-state index contributed by atoms with van der Waals surface area (Å²) in [6.07, 6.45) is 3.53. The van der Waals surface area contributed by atoms with Crippen LogP contribution in [0.25, 0.3) is 28.3 Å². The number of fused-ring (bicyclic) bond motifs is 1. The molecule has 0 spiro atoms. The highest BCUT2D eigenvalue weighted by Crippen LogP contribution is 2.33. The summed E-state index contributed by atoms with van der Waals surface area (Å²) in [4.78, 5) is 20.0. The molecule has 0 aliphatic carbocycles. The number of rotatable bonds is 5. The fourth-order valence-electron chi connectivity index (χ4n) is 3.02. The lowest BCUT2D eigenvalue weighted by atomic mass is 10.1. The van der Waals surface area contributed by atoms with Gasteiger partial charge in [-0.15, -0.1) is 0 Å². The van der Waals surface area contributed by atoms with Crippen LogP contribution in [0, 0.1) is 0 Å². The number of aromatic nitrogens is 3. The van der Waals surface area contributed by atoms with Crippen molar-refractivity contribution in [2.24, 2.45) is 0 Å². The monoisotopic (exact) mass is 485 g/mol. The summed E-state index contributed by atoms with van der Waals surface area (Å²) in [5.41, 5.74) is 3.21. The molecule has 0 saturated heterocycles. The van der Waals surface area contributed by atoms with E-state index in [0.717, 1.165) is 27.0 Å². The molecule has 152 valence electrons. The van der Waals surface area contributed by atoms with Gasteiger partial charge in [0.1, 0.15) is 0 Å². The zero-order chi connectivity index (χ0) is 21.3. The lowest BCUT2D eigenvalue weighted by molar-refractivity contribution is -0.138. The van der Waals surface area contributed by atoms with Gasteiger partial charge in [0.15, 0.2) is 5.94 Å². The third-order valence-electron chi connectivity index (χ3n) is 4.43. The molecule has 0 atom stereocenters. The second-order valence-corrected chi connectivity index (χ2v) is 9.35. The molecule has 2 aromatic heterocycles. The fourth-order valence-corrected chi connectivity index (χ4v) is 4.29. The van der Waals surface area contributed by atoms with Crippen LogP contribution < -0.4 is 0 Å². The topological polar surface area (TPSA) is 90.6 Å². The van der Waals surface area contributed by atoms with Crippen LogP contribution in [-0.2, 0) is 19.4 Å². The zero-order valence-electron chi connectivity index (χ0n) is 15.8. The molecule has 4 aromatic rings. The molecule has 2 aromatic carbocycles. The van der Waals surface area contributed by atoms with Gasteiger partial charge >= 0.3 is 5.97 Å². The van der Waals surface area contributed by atoms with Crippen LogP contribution in [0.2, 0.25) is 0 Å². The van der Waals surface area contributed by atoms with Gasteiger partial charge in [0.05, 0.1) is 16.3 Å². The molecular weight excluding hydrogens is 470 g/mol. The van der Waals surface area contributed by atoms with Crippen molar-refractivity contribution in [2.45, 2.75) is 11.8 Å². The summed E-state index contributed by atoms with van der Waals surface area (Å²) < 4.78 is 32.2. The molecule has 0 bridgehead atoms. The highest BCUT2D eigenvalue weighted by atomic mass is 79.9. The molecule has 30 heavy (non-hydrogen) atoms. The van der Waals surface area contributed by atoms with E-state index < -0.39 is 21.7 Å². The molecule has 0 fully saturated rings. The Labute approximate surface area is 181 Å². The Kier molecular flexibility index (Phi) is 5.40. The predicted molar refractivity (Wildman–Crippen MR) is 115 cm³/mol. The normalized spacial score (nSPS) is 11.5. The number of halogens is 1. The first-order valence-electron chi connectivity index (χ1n) is 8.91. The first-order valence-corrected chi connectivity index (χ1v) is 11.4. The van der Waals surface area contributed by atoms with E-state index in [4.69, 9.17) is 0 Å². The third-order valence-corrected chi connectivity index (χ3v) is 6.37. The van der Waals surface area contributed by atoms with E-state index in [9.17, 15) is 13.2 Å². The fraction of sp³-hybridized carbons (Fsp3) is 0.0952. The lowest BCUT2D eigenvalue weighted by Crippen LogP contribution is -2.12. The molecule has 9 heteroatoms. The highest BCUT2D eigenvalue weighted by molar-refractivity contribution is 9.10. The number of nitrogens with zero attached hydrogens (tertiary/aromatic N) is 3. The van der Waals surface area contributed by atoms with Crippen molar-refractivity contribution in [1.82, 2.24) is 14.4 Å². The maximum atomic E-state index is 12.4. The van der Waals surface area contributed by atoms with Crippen molar-refractivity contribution in [3.63, 3.8) is 0 Å². The van der Waals surface area contributed by atoms with Crippen molar-refractivity contribution in [3.05, 3.63) is 71.5 Å². The number of benzene rings is 2. The Hall–Kier alpha value is -3.04. The Morgan fingerprint density at radius 3 is 2.40 bits per heavy atom. The quantitative estimate of drug-likeness (QED) is 0.395. The maximum absolute atomic E-state index is 12.4. The van der Waals surface area contributed by atoms with Crippen LogP contribution >= 0.6 is 15.9 Å². The van der Waals surface area contributed by atoms with Crippen molar-refractivity contribution < 1.29 is 17.9 Å². The van der Waals surface area contributed by atoms with Crippen LogP contribution in [0.1, 0.15) is 6.92 Å². The van der Waals surface area contributed by atoms with E-state index >= 15 is 0 Å². The number of imidazole rings is 1. The summed E-state index contributed by atoms with van der Waals surface area (Å²) in [6, 6.07) is 16.0. The minimum atomic E-state index is -3.73. The number of esters is 1. The lowest BCUT2D eigenvalue weighted by Gasteiger charge is -2.08. The smallest absolute Gasteiger partial charge is 0.303 e. The highest BCUT2D eigenvalue weighted by Gasteiger charge is 2.19. The van der Waals surface area contributed by atoms with Gasteiger partial charge < -0.3 is 4.74 Å². The Balaban J connectivity index is 1.80. The van der Waals surface area contributed by atoms with Crippen molar-refractivity contribution in [1.29, 1.82) is 0 Å². The molecular formula is C21H16BrN3O4S. The predicted octanol–water partition coefficient (Wildman–Crippen LogP) is 4.12. The van der Waals surface area contributed by atoms with Crippen LogP contribution in [0.3, 0.4) is 0 Å². The molecule has 0 unspecified atom stereocenters. The van der Waals surface area contributed by atoms with Gasteiger partial charge in [-0.3, -0.25) is 9.20 Å². The zero-order valence-corrected chi connectivity index (χ0v) is 18.2. The van der Waals surface area contributed by atoms with E-state index in [-0.39, 0.29) is 4.90 Å². The minimum absolute atomic E-state index is 0.0737. The second-order valence-electron chi connectivity index (χ2n) is 6.50. The van der Waals surface area contributed by atoms with E-state index in [1.54, 1.807) is 18.3 Å². The molecule has 0 aliphatic rings. The van der Waals surface area contributed by atoms with E-state index in [1.165, 1.54) is 19.1 Å². The molecule has 0 aliphatic heterocycles. The SMILES string of the molecule is CC(=O)OCS(=O)(=O)c1ccc(-c2c(-c3ccc(Br)cc3)nc3ncccn23)cc1. The van der Waals surface area contributed by atoms with Gasteiger partial charge in [-0.25, -0.2) is 18.4 Å². The van der Waals surface area contributed by atoms with Gasteiger partial charge in [0.25, 0.3) is 0 Å². The number of carbonyl (C=O) groups is 1. The average molecular weight is 486 g/mol. The standard InChI is InChI=1S/C21H16BrN3O4S/c1-14(26)29-13-30(27,28)18-9-5-16(6-10-18)20-19(15-3-7-17(22)8-4-15)24-21-23-11-2-12-25(20)21/h2-12H,13H2,1H3. The van der Waals surface area contributed by atoms with Gasteiger partial charge in [-0.05, 0) is 30.3 Å². The van der Waals surface area contributed by atoms with Gasteiger partial charge in [-0.1, -0.05) is 40.2 Å². The summed E-state index contributed by atoms with van der Waals surface area (Å²) in [5, 5.41) is 0. The van der Waals surface area contributed by atoms with E-state index in [1.807, 2.05) is 40.9 Å². The summed E-state index contributed by atoms with van der Waals surface area (Å²) in [7, 11) is -3.73. The third kappa shape index (κ3) is 3.99. The molecule has 7 nitrogen and oxygen atoms in total. The van der Waals surface area contributed by atoms with Gasteiger partial charge in [0, 0.05) is 34.9 Å². The second kappa shape index (κ2) is 8.00. The van der Waals surface area contributed by atoms with Gasteiger partial charge in [0.2, 0.25) is 15.6 Å². The van der Waals surface area contributed by atoms with Crippen LogP contribution in [0.4, 0.5) is 0 Å².